The number of amides is 1. The maximum Gasteiger partial charge on any atom is 0.269 e. The minimum atomic E-state index is -0.473. The molecule has 0 aliphatic carbocycles. The number of nitro groups is 1. The van der Waals surface area contributed by atoms with Gasteiger partial charge in [0.25, 0.3) is 11.6 Å². The van der Waals surface area contributed by atoms with Crippen molar-refractivity contribution in [3.05, 3.63) is 67.8 Å². The van der Waals surface area contributed by atoms with Gasteiger partial charge in [0.05, 0.1) is 17.7 Å². The molecule has 2 rings (SSSR count). The van der Waals surface area contributed by atoms with Crippen molar-refractivity contribution in [3.8, 4) is 0 Å². The topological polar surface area (TPSA) is 96.6 Å². The molecule has 2 aromatic carbocycles. The fourth-order valence-electron chi connectivity index (χ4n) is 1.65. The van der Waals surface area contributed by atoms with E-state index in [1.165, 1.54) is 18.3 Å². The highest BCUT2D eigenvalue weighted by atomic mass is 127. The van der Waals surface area contributed by atoms with E-state index in [4.69, 9.17) is 0 Å². The summed E-state index contributed by atoms with van der Waals surface area (Å²) < 4.78 is 1.12. The number of nitrogens with zero attached hydrogens (tertiary/aromatic N) is 2. The Hall–Kier alpha value is -2.49. The van der Waals surface area contributed by atoms with E-state index in [0.29, 0.717) is 5.56 Å². The smallest absolute Gasteiger partial charge is 0.269 e. The summed E-state index contributed by atoms with van der Waals surface area (Å²) in [4.78, 5) is 21.7. The van der Waals surface area contributed by atoms with E-state index in [2.05, 4.69) is 38.4 Å². The highest BCUT2D eigenvalue weighted by Crippen LogP contribution is 2.11. The van der Waals surface area contributed by atoms with Gasteiger partial charge in [-0.15, -0.1) is 0 Å². The maximum atomic E-state index is 11.6. The standard InChI is InChI=1S/C15H13IN4O3/c16-12-3-5-13(6-4-12)17-10-15(21)19-18-9-11-1-7-14(8-2-11)20(22)23/h1-9,17H,10H2,(H,19,21)/b18-9-. The molecule has 0 unspecified atom stereocenters. The van der Waals surface area contributed by atoms with Crippen LogP contribution in [-0.2, 0) is 4.79 Å². The van der Waals surface area contributed by atoms with Crippen LogP contribution in [0.3, 0.4) is 0 Å². The summed E-state index contributed by atoms with van der Waals surface area (Å²) in [5.41, 5.74) is 3.89. The molecule has 23 heavy (non-hydrogen) atoms. The fraction of sp³-hybridized carbons (Fsp3) is 0.0667. The molecule has 0 saturated heterocycles. The molecular formula is C15H13IN4O3. The molecule has 0 radical (unpaired) electrons. The lowest BCUT2D eigenvalue weighted by atomic mass is 10.2. The second kappa shape index (κ2) is 8.22. The van der Waals surface area contributed by atoms with E-state index in [9.17, 15) is 14.9 Å². The summed E-state index contributed by atoms with van der Waals surface area (Å²) in [6.45, 7) is 0.0954. The third-order valence-electron chi connectivity index (χ3n) is 2.80. The Labute approximate surface area is 146 Å². The van der Waals surface area contributed by atoms with E-state index < -0.39 is 4.92 Å². The van der Waals surface area contributed by atoms with Crippen LogP contribution in [0.25, 0.3) is 0 Å². The van der Waals surface area contributed by atoms with Crippen molar-refractivity contribution < 1.29 is 9.72 Å². The molecule has 0 fully saturated rings. The van der Waals surface area contributed by atoms with Crippen molar-refractivity contribution in [3.63, 3.8) is 0 Å². The first-order valence-electron chi connectivity index (χ1n) is 6.60. The molecule has 0 atom stereocenters. The zero-order chi connectivity index (χ0) is 16.7. The predicted octanol–water partition coefficient (Wildman–Crippen LogP) is 2.76. The zero-order valence-electron chi connectivity index (χ0n) is 11.9. The average molecular weight is 424 g/mol. The van der Waals surface area contributed by atoms with Gasteiger partial charge >= 0.3 is 0 Å². The number of halogens is 1. The molecule has 118 valence electrons. The maximum absolute atomic E-state index is 11.6. The average Bonchev–Trinajstić information content (AvgIpc) is 2.55. The molecule has 2 N–H and O–H groups in total. The number of nitrogens with one attached hydrogen (secondary N) is 2. The summed E-state index contributed by atoms with van der Waals surface area (Å²) >= 11 is 2.20. The van der Waals surface area contributed by atoms with Crippen LogP contribution in [0, 0.1) is 13.7 Å². The SMILES string of the molecule is O=C(CNc1ccc(I)cc1)N/N=C\c1ccc([N+](=O)[O-])cc1. The Morgan fingerprint density at radius 2 is 1.83 bits per heavy atom. The van der Waals surface area contributed by atoms with Gasteiger partial charge in [-0.25, -0.2) is 5.43 Å². The number of anilines is 1. The van der Waals surface area contributed by atoms with Crippen molar-refractivity contribution in [2.45, 2.75) is 0 Å². The van der Waals surface area contributed by atoms with Crippen LogP contribution in [0.2, 0.25) is 0 Å². The van der Waals surface area contributed by atoms with Crippen molar-refractivity contribution in [1.29, 1.82) is 0 Å². The van der Waals surface area contributed by atoms with Crippen LogP contribution in [0.4, 0.5) is 11.4 Å². The first-order valence-corrected chi connectivity index (χ1v) is 7.68. The van der Waals surface area contributed by atoms with Gasteiger partial charge in [-0.05, 0) is 64.6 Å². The summed E-state index contributed by atoms with van der Waals surface area (Å²) in [6.07, 6.45) is 1.42. The van der Waals surface area contributed by atoms with Crippen molar-refractivity contribution in [2.75, 3.05) is 11.9 Å². The van der Waals surface area contributed by atoms with Gasteiger partial charge in [0.1, 0.15) is 0 Å². The first kappa shape index (κ1) is 16.9. The molecule has 8 heteroatoms. The Bertz CT molecular complexity index is 715. The number of benzene rings is 2. The first-order chi connectivity index (χ1) is 11.0. The van der Waals surface area contributed by atoms with Gasteiger partial charge < -0.3 is 5.32 Å². The summed E-state index contributed by atoms with van der Waals surface area (Å²) in [6, 6.07) is 13.5. The number of hydrazone groups is 1. The fourth-order valence-corrected chi connectivity index (χ4v) is 2.01. The van der Waals surface area contributed by atoms with Gasteiger partial charge in [-0.3, -0.25) is 14.9 Å². The Morgan fingerprint density at radius 3 is 2.43 bits per heavy atom. The molecule has 2 aromatic rings. The lowest BCUT2D eigenvalue weighted by molar-refractivity contribution is -0.384. The third-order valence-corrected chi connectivity index (χ3v) is 3.52. The minimum Gasteiger partial charge on any atom is -0.376 e. The second-order valence-corrected chi connectivity index (χ2v) is 5.75. The third kappa shape index (κ3) is 5.66. The monoisotopic (exact) mass is 424 g/mol. The quantitative estimate of drug-likeness (QED) is 0.323. The Morgan fingerprint density at radius 1 is 1.17 bits per heavy atom. The molecule has 0 aliphatic heterocycles. The number of carbonyl (C=O) groups excluding carboxylic acids is 1. The molecule has 0 aliphatic rings. The van der Waals surface area contributed by atoms with E-state index >= 15 is 0 Å². The van der Waals surface area contributed by atoms with Crippen LogP contribution >= 0.6 is 22.6 Å². The largest absolute Gasteiger partial charge is 0.376 e. The van der Waals surface area contributed by atoms with E-state index in [0.717, 1.165) is 9.26 Å². The zero-order valence-corrected chi connectivity index (χ0v) is 14.1. The molecule has 0 bridgehead atoms. The van der Waals surface area contributed by atoms with Crippen LogP contribution in [-0.4, -0.2) is 23.6 Å². The minimum absolute atomic E-state index is 0.00732. The van der Waals surface area contributed by atoms with Gasteiger partial charge in [0.2, 0.25) is 0 Å². The van der Waals surface area contributed by atoms with E-state index in [1.54, 1.807) is 12.1 Å². The molecule has 0 aromatic heterocycles. The lowest BCUT2D eigenvalue weighted by Crippen LogP contribution is -2.25. The molecule has 0 saturated carbocycles. The van der Waals surface area contributed by atoms with Gasteiger partial charge in [0.15, 0.2) is 0 Å². The molecule has 1 amide bonds. The summed E-state index contributed by atoms with van der Waals surface area (Å²) in [5, 5.41) is 17.3. The normalized spacial score (nSPS) is 10.5. The molecule has 0 spiro atoms. The number of carbonyl (C=O) groups is 1. The summed E-state index contributed by atoms with van der Waals surface area (Å²) in [7, 11) is 0. The van der Waals surface area contributed by atoms with Crippen molar-refractivity contribution >= 4 is 46.1 Å². The second-order valence-electron chi connectivity index (χ2n) is 4.50. The number of nitro benzene ring substituents is 1. The van der Waals surface area contributed by atoms with Crippen molar-refractivity contribution in [1.82, 2.24) is 5.43 Å². The Balaban J connectivity index is 1.79. The highest BCUT2D eigenvalue weighted by Gasteiger charge is 2.03. The lowest BCUT2D eigenvalue weighted by Gasteiger charge is -2.05. The Kier molecular flexibility index (Phi) is 6.03. The van der Waals surface area contributed by atoms with Gasteiger partial charge in [0, 0.05) is 21.4 Å². The van der Waals surface area contributed by atoms with E-state index in [-0.39, 0.29) is 18.1 Å². The molecule has 0 heterocycles. The number of non-ortho nitro benzene ring substituents is 1. The highest BCUT2D eigenvalue weighted by molar-refractivity contribution is 14.1. The number of hydrogen-bond donors (Lipinski definition) is 2. The van der Waals surface area contributed by atoms with Crippen LogP contribution in [0.5, 0.6) is 0 Å². The van der Waals surface area contributed by atoms with Crippen LogP contribution in [0.15, 0.2) is 53.6 Å². The number of hydrogen-bond acceptors (Lipinski definition) is 5. The van der Waals surface area contributed by atoms with Gasteiger partial charge in [-0.2, -0.15) is 5.10 Å². The van der Waals surface area contributed by atoms with Crippen LogP contribution in [0.1, 0.15) is 5.56 Å². The predicted molar refractivity (Wildman–Crippen MR) is 96.5 cm³/mol. The van der Waals surface area contributed by atoms with Crippen molar-refractivity contribution in [2.24, 2.45) is 5.10 Å². The van der Waals surface area contributed by atoms with Gasteiger partial charge in [-0.1, -0.05) is 0 Å². The van der Waals surface area contributed by atoms with Crippen LogP contribution < -0.4 is 10.7 Å². The summed E-state index contributed by atoms with van der Waals surface area (Å²) in [5.74, 6) is -0.290. The number of rotatable bonds is 6. The van der Waals surface area contributed by atoms with E-state index in [1.807, 2.05) is 24.3 Å². The molecule has 7 nitrogen and oxygen atoms in total. The molecular weight excluding hydrogens is 411 g/mol.